The summed E-state index contributed by atoms with van der Waals surface area (Å²) in [5, 5.41) is 8.65. The molecule has 1 atom stereocenters. The van der Waals surface area contributed by atoms with E-state index in [1.807, 2.05) is 0 Å². The number of ether oxygens (including phenoxy) is 1. The Kier molecular flexibility index (Phi) is 4.21. The molecule has 2 rings (SSSR count). The van der Waals surface area contributed by atoms with E-state index in [0.29, 0.717) is 18.8 Å². The maximum atomic E-state index is 12.1. The van der Waals surface area contributed by atoms with E-state index >= 15 is 0 Å². The minimum Gasteiger partial charge on any atom is -0.481 e. The van der Waals surface area contributed by atoms with Gasteiger partial charge in [-0.15, -0.1) is 0 Å². The summed E-state index contributed by atoms with van der Waals surface area (Å²) in [4.78, 5) is 10.8. The number of carbonyl (C=O) groups is 1. The standard InChI is InChI=1S/C13H16O5S/c14-13(15)7-10-1-3-12(4-2-10)19(16,17)9-11-5-6-18-8-11/h1-4,11H,5-9H2,(H,14,15). The molecule has 1 N–H and O–H groups in total. The van der Waals surface area contributed by atoms with E-state index in [9.17, 15) is 13.2 Å². The van der Waals surface area contributed by atoms with Gasteiger partial charge in [-0.2, -0.15) is 0 Å². The van der Waals surface area contributed by atoms with Gasteiger partial charge in [-0.25, -0.2) is 8.42 Å². The van der Waals surface area contributed by atoms with Crippen molar-refractivity contribution in [3.8, 4) is 0 Å². The molecule has 1 aliphatic rings. The molecule has 1 aromatic carbocycles. The summed E-state index contributed by atoms with van der Waals surface area (Å²) in [6, 6.07) is 6.05. The van der Waals surface area contributed by atoms with E-state index in [2.05, 4.69) is 0 Å². The molecule has 19 heavy (non-hydrogen) atoms. The van der Waals surface area contributed by atoms with Gasteiger partial charge >= 0.3 is 5.97 Å². The van der Waals surface area contributed by atoms with E-state index in [4.69, 9.17) is 9.84 Å². The number of sulfone groups is 1. The summed E-state index contributed by atoms with van der Waals surface area (Å²) >= 11 is 0. The topological polar surface area (TPSA) is 80.7 Å². The number of hydrogen-bond donors (Lipinski definition) is 1. The number of carboxylic acid groups (broad SMARTS) is 1. The molecule has 1 aliphatic heterocycles. The summed E-state index contributed by atoms with van der Waals surface area (Å²) < 4.78 is 29.5. The van der Waals surface area contributed by atoms with Crippen LogP contribution in [0.2, 0.25) is 0 Å². The molecule has 0 aliphatic carbocycles. The zero-order valence-electron chi connectivity index (χ0n) is 10.4. The highest BCUT2D eigenvalue weighted by molar-refractivity contribution is 7.91. The molecule has 1 unspecified atom stereocenters. The van der Waals surface area contributed by atoms with Crippen molar-refractivity contribution < 1.29 is 23.1 Å². The molecule has 1 heterocycles. The Balaban J connectivity index is 2.09. The maximum Gasteiger partial charge on any atom is 0.307 e. The first-order chi connectivity index (χ1) is 8.97. The smallest absolute Gasteiger partial charge is 0.307 e. The molecule has 0 bridgehead atoms. The molecule has 0 aromatic heterocycles. The number of benzene rings is 1. The molecule has 1 aromatic rings. The number of carboxylic acids is 1. The molecule has 6 heteroatoms. The first-order valence-electron chi connectivity index (χ1n) is 6.08. The molecular formula is C13H16O5S. The van der Waals surface area contributed by atoms with Gasteiger partial charge in [0.05, 0.1) is 23.7 Å². The molecule has 5 nitrogen and oxygen atoms in total. The highest BCUT2D eigenvalue weighted by atomic mass is 32.2. The zero-order valence-corrected chi connectivity index (χ0v) is 11.2. The average molecular weight is 284 g/mol. The molecule has 104 valence electrons. The Morgan fingerprint density at radius 1 is 1.32 bits per heavy atom. The van der Waals surface area contributed by atoms with Gasteiger partial charge in [-0.05, 0) is 30.0 Å². The Bertz CT molecular complexity index is 541. The van der Waals surface area contributed by atoms with Gasteiger partial charge in [-0.3, -0.25) is 4.79 Å². The monoisotopic (exact) mass is 284 g/mol. The van der Waals surface area contributed by atoms with Gasteiger partial charge in [0.15, 0.2) is 9.84 Å². The second-order valence-corrected chi connectivity index (χ2v) is 6.76. The van der Waals surface area contributed by atoms with Crippen molar-refractivity contribution in [2.75, 3.05) is 19.0 Å². The first-order valence-corrected chi connectivity index (χ1v) is 7.74. The van der Waals surface area contributed by atoms with Crippen LogP contribution in [0.3, 0.4) is 0 Å². The SMILES string of the molecule is O=C(O)Cc1ccc(S(=O)(=O)CC2CCOC2)cc1. The first kappa shape index (κ1) is 14.0. The van der Waals surface area contributed by atoms with Crippen LogP contribution in [0, 0.1) is 5.92 Å². The van der Waals surface area contributed by atoms with Crippen molar-refractivity contribution >= 4 is 15.8 Å². The third-order valence-corrected chi connectivity index (χ3v) is 5.02. The van der Waals surface area contributed by atoms with Crippen LogP contribution in [0.4, 0.5) is 0 Å². The lowest BCUT2D eigenvalue weighted by Crippen LogP contribution is -2.16. The van der Waals surface area contributed by atoms with Gasteiger partial charge < -0.3 is 9.84 Å². The van der Waals surface area contributed by atoms with E-state index in [-0.39, 0.29) is 23.0 Å². The number of aliphatic carboxylic acids is 1. The zero-order chi connectivity index (χ0) is 13.9. The Hall–Kier alpha value is -1.40. The molecule has 0 amide bonds. The highest BCUT2D eigenvalue weighted by Gasteiger charge is 2.24. The molecule has 0 saturated carbocycles. The Morgan fingerprint density at radius 3 is 2.53 bits per heavy atom. The Morgan fingerprint density at radius 2 is 2.00 bits per heavy atom. The lowest BCUT2D eigenvalue weighted by Gasteiger charge is -2.09. The summed E-state index contributed by atoms with van der Waals surface area (Å²) in [6.07, 6.45) is 0.674. The third kappa shape index (κ3) is 3.78. The van der Waals surface area contributed by atoms with E-state index in [1.54, 1.807) is 12.1 Å². The predicted molar refractivity (Wildman–Crippen MR) is 68.8 cm³/mol. The molecular weight excluding hydrogens is 268 g/mol. The average Bonchev–Trinajstić information content (AvgIpc) is 2.81. The summed E-state index contributed by atoms with van der Waals surface area (Å²) in [5.41, 5.74) is 0.593. The number of rotatable bonds is 5. The minimum absolute atomic E-state index is 0.0590. The van der Waals surface area contributed by atoms with Crippen LogP contribution >= 0.6 is 0 Å². The molecule has 1 saturated heterocycles. The summed E-state index contributed by atoms with van der Waals surface area (Å²) in [7, 11) is -3.32. The lowest BCUT2D eigenvalue weighted by molar-refractivity contribution is -0.136. The quantitative estimate of drug-likeness (QED) is 0.876. The molecule has 1 fully saturated rings. The minimum atomic E-state index is -3.32. The maximum absolute atomic E-state index is 12.1. The van der Waals surface area contributed by atoms with Crippen molar-refractivity contribution in [2.24, 2.45) is 5.92 Å². The van der Waals surface area contributed by atoms with Crippen LogP contribution < -0.4 is 0 Å². The van der Waals surface area contributed by atoms with Gasteiger partial charge in [0, 0.05) is 6.61 Å². The van der Waals surface area contributed by atoms with Crippen molar-refractivity contribution in [1.29, 1.82) is 0 Å². The summed E-state index contributed by atoms with van der Waals surface area (Å²) in [5.74, 6) is -0.784. The van der Waals surface area contributed by atoms with Crippen LogP contribution in [0.1, 0.15) is 12.0 Å². The van der Waals surface area contributed by atoms with E-state index < -0.39 is 15.8 Å². The van der Waals surface area contributed by atoms with Crippen LogP contribution in [0.15, 0.2) is 29.2 Å². The highest BCUT2D eigenvalue weighted by Crippen LogP contribution is 2.20. The second kappa shape index (κ2) is 5.71. The normalized spacial score (nSPS) is 19.5. The van der Waals surface area contributed by atoms with Gasteiger partial charge in [0.25, 0.3) is 0 Å². The largest absolute Gasteiger partial charge is 0.481 e. The molecule has 0 spiro atoms. The van der Waals surface area contributed by atoms with Gasteiger partial charge in [0.2, 0.25) is 0 Å². The van der Waals surface area contributed by atoms with Crippen molar-refractivity contribution in [1.82, 2.24) is 0 Å². The predicted octanol–water partition coefficient (Wildman–Crippen LogP) is 1.12. The van der Waals surface area contributed by atoms with Crippen molar-refractivity contribution in [3.63, 3.8) is 0 Å². The summed E-state index contributed by atoms with van der Waals surface area (Å²) in [6.45, 7) is 1.12. The number of hydrogen-bond acceptors (Lipinski definition) is 4. The fourth-order valence-corrected chi connectivity index (χ4v) is 3.74. The van der Waals surface area contributed by atoms with Crippen molar-refractivity contribution in [3.05, 3.63) is 29.8 Å². The van der Waals surface area contributed by atoms with Gasteiger partial charge in [0.1, 0.15) is 0 Å². The van der Waals surface area contributed by atoms with Crippen LogP contribution in [0.25, 0.3) is 0 Å². The Labute approximate surface area is 112 Å². The second-order valence-electron chi connectivity index (χ2n) is 4.73. The van der Waals surface area contributed by atoms with E-state index in [1.165, 1.54) is 12.1 Å². The van der Waals surface area contributed by atoms with Crippen LogP contribution in [-0.4, -0.2) is 38.5 Å². The van der Waals surface area contributed by atoms with Crippen molar-refractivity contribution in [2.45, 2.75) is 17.7 Å². The van der Waals surface area contributed by atoms with Crippen LogP contribution in [0.5, 0.6) is 0 Å². The van der Waals surface area contributed by atoms with E-state index in [0.717, 1.165) is 6.42 Å². The fourth-order valence-electron chi connectivity index (χ4n) is 2.11. The fraction of sp³-hybridized carbons (Fsp3) is 0.462. The van der Waals surface area contributed by atoms with Gasteiger partial charge in [-0.1, -0.05) is 12.1 Å². The molecule has 0 radical (unpaired) electrons. The third-order valence-electron chi connectivity index (χ3n) is 3.12. The lowest BCUT2D eigenvalue weighted by atomic mass is 10.1. The van der Waals surface area contributed by atoms with Crippen LogP contribution in [-0.2, 0) is 25.8 Å².